The van der Waals surface area contributed by atoms with Gasteiger partial charge in [-0.05, 0) is 12.8 Å². The van der Waals surface area contributed by atoms with Gasteiger partial charge in [0, 0.05) is 13.1 Å². The lowest BCUT2D eigenvalue weighted by Gasteiger charge is -2.28. The van der Waals surface area contributed by atoms with Gasteiger partial charge in [0.1, 0.15) is 13.1 Å². The first kappa shape index (κ1) is 16.3. The number of rotatable bonds is 4. The Labute approximate surface area is 118 Å². The third kappa shape index (κ3) is 5.07. The van der Waals surface area contributed by atoms with Crippen molar-refractivity contribution in [1.29, 1.82) is 0 Å². The monoisotopic (exact) mass is 286 g/mol. The maximum Gasteiger partial charge on any atom is 0.325 e. The molecule has 7 heteroatoms. The van der Waals surface area contributed by atoms with Crippen LogP contribution in [0.2, 0.25) is 0 Å². The summed E-state index contributed by atoms with van der Waals surface area (Å²) in [5.41, 5.74) is 0. The Kier molecular flexibility index (Phi) is 6.83. The second kappa shape index (κ2) is 8.39. The first-order chi connectivity index (χ1) is 9.58. The maximum atomic E-state index is 12.4. The summed E-state index contributed by atoms with van der Waals surface area (Å²) in [5, 5.41) is 0. The van der Waals surface area contributed by atoms with E-state index in [1.165, 1.54) is 19.1 Å². The number of ether oxygens (including phenoxy) is 2. The van der Waals surface area contributed by atoms with Crippen LogP contribution in [-0.4, -0.2) is 68.2 Å². The van der Waals surface area contributed by atoms with Gasteiger partial charge in [-0.1, -0.05) is 12.8 Å². The van der Waals surface area contributed by atoms with Crippen LogP contribution in [0.4, 0.5) is 4.79 Å². The molecule has 1 fully saturated rings. The highest BCUT2D eigenvalue weighted by Gasteiger charge is 2.26. The number of carbonyl (C=O) groups is 3. The minimum atomic E-state index is -0.558. The molecule has 2 amide bonds. The van der Waals surface area contributed by atoms with Crippen LogP contribution >= 0.6 is 0 Å². The molecule has 1 heterocycles. The molecule has 0 aliphatic carbocycles. The lowest BCUT2D eigenvalue weighted by molar-refractivity contribution is -0.144. The Morgan fingerprint density at radius 3 is 1.75 bits per heavy atom. The predicted octanol–water partition coefficient (Wildman–Crippen LogP) is 0.630. The standard InChI is InChI=1S/C13H22N2O5/c1-19-11(16)9-15(10-12(17)20-2)13(18)14-7-5-3-4-6-8-14/h3-10H2,1-2H3. The normalized spacial score (nSPS) is 15.2. The van der Waals surface area contributed by atoms with Gasteiger partial charge in [0.05, 0.1) is 14.2 Å². The zero-order valence-electron chi connectivity index (χ0n) is 12.1. The van der Waals surface area contributed by atoms with Crippen LogP contribution in [0.25, 0.3) is 0 Å². The number of urea groups is 1. The van der Waals surface area contributed by atoms with E-state index in [1.54, 1.807) is 4.90 Å². The Balaban J connectivity index is 2.70. The molecule has 7 nitrogen and oxygen atoms in total. The van der Waals surface area contributed by atoms with Crippen molar-refractivity contribution in [3.8, 4) is 0 Å². The third-order valence-corrected chi connectivity index (χ3v) is 3.24. The van der Waals surface area contributed by atoms with E-state index >= 15 is 0 Å². The smallest absolute Gasteiger partial charge is 0.325 e. The van der Waals surface area contributed by atoms with Gasteiger partial charge in [0.25, 0.3) is 0 Å². The van der Waals surface area contributed by atoms with Gasteiger partial charge >= 0.3 is 18.0 Å². The molecule has 0 saturated carbocycles. The average Bonchev–Trinajstić information content (AvgIpc) is 2.74. The average molecular weight is 286 g/mol. The number of hydrogen-bond donors (Lipinski definition) is 0. The first-order valence-corrected chi connectivity index (χ1v) is 6.76. The van der Waals surface area contributed by atoms with Crippen molar-refractivity contribution in [3.63, 3.8) is 0 Å². The molecule has 0 atom stereocenters. The number of carbonyl (C=O) groups excluding carboxylic acids is 3. The highest BCUT2D eigenvalue weighted by molar-refractivity contribution is 5.85. The molecule has 1 rings (SSSR count). The van der Waals surface area contributed by atoms with Crippen molar-refractivity contribution in [3.05, 3.63) is 0 Å². The highest BCUT2D eigenvalue weighted by atomic mass is 16.5. The van der Waals surface area contributed by atoms with Crippen molar-refractivity contribution >= 4 is 18.0 Å². The molecule has 0 aromatic heterocycles. The van der Waals surface area contributed by atoms with Gasteiger partial charge in [-0.2, -0.15) is 0 Å². The minimum Gasteiger partial charge on any atom is -0.468 e. The molecule has 0 radical (unpaired) electrons. The van der Waals surface area contributed by atoms with E-state index in [1.807, 2.05) is 0 Å². The molecule has 0 unspecified atom stereocenters. The van der Waals surface area contributed by atoms with E-state index < -0.39 is 11.9 Å². The third-order valence-electron chi connectivity index (χ3n) is 3.24. The highest BCUT2D eigenvalue weighted by Crippen LogP contribution is 2.12. The summed E-state index contributed by atoms with van der Waals surface area (Å²) in [4.78, 5) is 38.0. The number of esters is 2. The lowest BCUT2D eigenvalue weighted by atomic mass is 10.2. The van der Waals surface area contributed by atoms with E-state index in [-0.39, 0.29) is 19.1 Å². The van der Waals surface area contributed by atoms with Gasteiger partial charge < -0.3 is 19.3 Å². The molecule has 1 aliphatic rings. The Hall–Kier alpha value is -1.79. The van der Waals surface area contributed by atoms with E-state index in [9.17, 15) is 14.4 Å². The van der Waals surface area contributed by atoms with Crippen LogP contribution in [0.3, 0.4) is 0 Å². The van der Waals surface area contributed by atoms with Gasteiger partial charge in [-0.25, -0.2) is 4.79 Å². The van der Waals surface area contributed by atoms with Crippen LogP contribution in [0.15, 0.2) is 0 Å². The zero-order chi connectivity index (χ0) is 15.0. The van der Waals surface area contributed by atoms with Crippen molar-refractivity contribution in [2.75, 3.05) is 40.4 Å². The fourth-order valence-corrected chi connectivity index (χ4v) is 2.09. The molecule has 20 heavy (non-hydrogen) atoms. The van der Waals surface area contributed by atoms with Crippen LogP contribution in [0.5, 0.6) is 0 Å². The van der Waals surface area contributed by atoms with Crippen molar-refractivity contribution in [2.24, 2.45) is 0 Å². The molecule has 0 spiro atoms. The van der Waals surface area contributed by atoms with Gasteiger partial charge in [-0.15, -0.1) is 0 Å². The largest absolute Gasteiger partial charge is 0.468 e. The Morgan fingerprint density at radius 1 is 0.900 bits per heavy atom. The molecule has 1 aliphatic heterocycles. The van der Waals surface area contributed by atoms with Crippen LogP contribution in [0.1, 0.15) is 25.7 Å². The minimum absolute atomic E-state index is 0.249. The number of likely N-dealkylation sites (tertiary alicyclic amines) is 1. The topological polar surface area (TPSA) is 76.1 Å². The second-order valence-electron chi connectivity index (χ2n) is 4.69. The van der Waals surface area contributed by atoms with Crippen LogP contribution < -0.4 is 0 Å². The number of amides is 2. The van der Waals surface area contributed by atoms with E-state index in [0.29, 0.717) is 13.1 Å². The van der Waals surface area contributed by atoms with Crippen LogP contribution in [0, 0.1) is 0 Å². The molecular weight excluding hydrogens is 264 g/mol. The van der Waals surface area contributed by atoms with Gasteiger partial charge in [0.2, 0.25) is 0 Å². The van der Waals surface area contributed by atoms with Crippen molar-refractivity contribution in [1.82, 2.24) is 9.80 Å². The molecule has 0 bridgehead atoms. The Morgan fingerprint density at radius 2 is 1.35 bits per heavy atom. The SMILES string of the molecule is COC(=O)CN(CC(=O)OC)C(=O)N1CCCCCC1. The van der Waals surface area contributed by atoms with E-state index in [0.717, 1.165) is 25.7 Å². The summed E-state index contributed by atoms with van der Waals surface area (Å²) in [6.07, 6.45) is 4.07. The summed E-state index contributed by atoms with van der Waals surface area (Å²) >= 11 is 0. The number of hydrogen-bond acceptors (Lipinski definition) is 5. The summed E-state index contributed by atoms with van der Waals surface area (Å²) in [6, 6.07) is -0.317. The number of methoxy groups -OCH3 is 2. The van der Waals surface area contributed by atoms with E-state index in [4.69, 9.17) is 0 Å². The molecule has 0 N–H and O–H groups in total. The molecule has 1 saturated heterocycles. The number of nitrogens with zero attached hydrogens (tertiary/aromatic N) is 2. The Bertz CT molecular complexity index is 333. The summed E-state index contributed by atoms with van der Waals surface area (Å²) < 4.78 is 9.11. The molecule has 114 valence electrons. The predicted molar refractivity (Wildman–Crippen MR) is 71.0 cm³/mol. The van der Waals surface area contributed by atoms with Gasteiger partial charge in [-0.3, -0.25) is 9.59 Å². The van der Waals surface area contributed by atoms with Gasteiger partial charge in [0.15, 0.2) is 0 Å². The van der Waals surface area contributed by atoms with Crippen molar-refractivity contribution in [2.45, 2.75) is 25.7 Å². The summed E-state index contributed by atoms with van der Waals surface area (Å²) in [5.74, 6) is -1.12. The lowest BCUT2D eigenvalue weighted by Crippen LogP contribution is -2.48. The van der Waals surface area contributed by atoms with Crippen LogP contribution in [-0.2, 0) is 19.1 Å². The summed E-state index contributed by atoms with van der Waals surface area (Å²) in [7, 11) is 2.49. The maximum absolute atomic E-state index is 12.4. The molecule has 0 aromatic rings. The second-order valence-corrected chi connectivity index (χ2v) is 4.69. The molecular formula is C13H22N2O5. The fraction of sp³-hybridized carbons (Fsp3) is 0.769. The van der Waals surface area contributed by atoms with Crippen molar-refractivity contribution < 1.29 is 23.9 Å². The summed E-state index contributed by atoms with van der Waals surface area (Å²) in [6.45, 7) is 0.803. The first-order valence-electron chi connectivity index (χ1n) is 6.76. The van der Waals surface area contributed by atoms with E-state index in [2.05, 4.69) is 9.47 Å². The fourth-order valence-electron chi connectivity index (χ4n) is 2.09. The zero-order valence-corrected chi connectivity index (χ0v) is 12.1. The molecule has 0 aromatic carbocycles. The quantitative estimate of drug-likeness (QED) is 0.708.